The zero-order valence-corrected chi connectivity index (χ0v) is 18.2. The average molecular weight is 397 g/mol. The number of nitrogens with zero attached hydrogens (tertiary/aromatic N) is 1. The van der Waals surface area contributed by atoms with Gasteiger partial charge in [0, 0.05) is 12.6 Å². The smallest absolute Gasteiger partial charge is 0.239 e. The van der Waals surface area contributed by atoms with E-state index >= 15 is 0 Å². The number of hydrogen-bond donors (Lipinski definition) is 1. The number of rotatable bonds is 8. The Balaban J connectivity index is 2.21. The molecule has 0 spiro atoms. The first-order valence-corrected chi connectivity index (χ1v) is 10.0. The van der Waals surface area contributed by atoms with Crippen LogP contribution in [0.3, 0.4) is 0 Å². The van der Waals surface area contributed by atoms with Gasteiger partial charge in [-0.2, -0.15) is 0 Å². The minimum absolute atomic E-state index is 0.0231. The molecule has 2 amide bonds. The fraction of sp³-hybridized carbons (Fsp3) is 0.417. The zero-order chi connectivity index (χ0) is 21.6. The number of ether oxygens (including phenoxy) is 1. The SMILES string of the molecule is CC(C)Oc1ccccc1NC(=O)C(C)(C)C(=O)N(Cc1ccccc1)C(C)C. The maximum Gasteiger partial charge on any atom is 0.239 e. The Morgan fingerprint density at radius 2 is 1.55 bits per heavy atom. The van der Waals surface area contributed by atoms with Crippen molar-refractivity contribution in [2.45, 2.75) is 60.2 Å². The average Bonchev–Trinajstić information content (AvgIpc) is 2.67. The largest absolute Gasteiger partial charge is 0.489 e. The second-order valence-electron chi connectivity index (χ2n) is 8.25. The first-order valence-electron chi connectivity index (χ1n) is 10.0. The van der Waals surface area contributed by atoms with Gasteiger partial charge in [-0.15, -0.1) is 0 Å². The molecule has 0 aliphatic heterocycles. The molecule has 0 saturated carbocycles. The molecule has 0 saturated heterocycles. The van der Waals surface area contributed by atoms with E-state index in [9.17, 15) is 9.59 Å². The van der Waals surface area contributed by atoms with Crippen molar-refractivity contribution in [3.8, 4) is 5.75 Å². The summed E-state index contributed by atoms with van der Waals surface area (Å²) in [6.45, 7) is 11.6. The third-order valence-electron chi connectivity index (χ3n) is 4.68. The molecule has 2 rings (SSSR count). The lowest BCUT2D eigenvalue weighted by Crippen LogP contribution is -2.49. The summed E-state index contributed by atoms with van der Waals surface area (Å²) in [5.74, 6) is 0.0150. The molecule has 0 aromatic heterocycles. The zero-order valence-electron chi connectivity index (χ0n) is 18.2. The Kier molecular flexibility index (Phi) is 7.43. The summed E-state index contributed by atoms with van der Waals surface area (Å²) in [5, 5.41) is 2.88. The molecule has 0 bridgehead atoms. The molecule has 2 aromatic carbocycles. The topological polar surface area (TPSA) is 58.6 Å². The summed E-state index contributed by atoms with van der Waals surface area (Å²) in [5.41, 5.74) is 0.358. The van der Waals surface area contributed by atoms with Crippen LogP contribution in [0.4, 0.5) is 5.69 Å². The van der Waals surface area contributed by atoms with E-state index in [0.717, 1.165) is 5.56 Å². The third-order valence-corrected chi connectivity index (χ3v) is 4.68. The Labute approximate surface area is 174 Å². The van der Waals surface area contributed by atoms with Gasteiger partial charge in [0.1, 0.15) is 11.2 Å². The van der Waals surface area contributed by atoms with E-state index in [1.807, 2.05) is 70.2 Å². The number of benzene rings is 2. The van der Waals surface area contributed by atoms with Crippen LogP contribution in [0.5, 0.6) is 5.75 Å². The predicted molar refractivity (Wildman–Crippen MR) is 117 cm³/mol. The van der Waals surface area contributed by atoms with Crippen LogP contribution in [0.25, 0.3) is 0 Å². The van der Waals surface area contributed by atoms with Crippen LogP contribution in [-0.4, -0.2) is 28.9 Å². The highest BCUT2D eigenvalue weighted by molar-refractivity contribution is 6.10. The maximum absolute atomic E-state index is 13.3. The van der Waals surface area contributed by atoms with Crippen molar-refractivity contribution in [2.75, 3.05) is 5.32 Å². The number of para-hydroxylation sites is 2. The Morgan fingerprint density at radius 3 is 2.14 bits per heavy atom. The van der Waals surface area contributed by atoms with Crippen molar-refractivity contribution in [1.29, 1.82) is 0 Å². The molecule has 1 N–H and O–H groups in total. The Hall–Kier alpha value is -2.82. The highest BCUT2D eigenvalue weighted by Crippen LogP contribution is 2.29. The van der Waals surface area contributed by atoms with Gasteiger partial charge in [0.15, 0.2) is 0 Å². The third kappa shape index (κ3) is 5.83. The second-order valence-corrected chi connectivity index (χ2v) is 8.25. The Morgan fingerprint density at radius 1 is 0.966 bits per heavy atom. The van der Waals surface area contributed by atoms with E-state index in [2.05, 4.69) is 5.32 Å². The first-order chi connectivity index (χ1) is 13.6. The molecule has 0 atom stereocenters. The van der Waals surface area contributed by atoms with E-state index in [-0.39, 0.29) is 24.0 Å². The number of nitrogens with one attached hydrogen (secondary N) is 1. The van der Waals surface area contributed by atoms with E-state index in [1.165, 1.54) is 0 Å². The number of anilines is 1. The minimum atomic E-state index is -1.23. The van der Waals surface area contributed by atoms with Crippen molar-refractivity contribution in [3.05, 3.63) is 60.2 Å². The fourth-order valence-corrected chi connectivity index (χ4v) is 2.93. The summed E-state index contributed by atoms with van der Waals surface area (Å²) in [6, 6.07) is 17.0. The van der Waals surface area contributed by atoms with Crippen LogP contribution in [0.15, 0.2) is 54.6 Å². The van der Waals surface area contributed by atoms with Gasteiger partial charge in [0.05, 0.1) is 11.8 Å². The van der Waals surface area contributed by atoms with Crippen molar-refractivity contribution in [3.63, 3.8) is 0 Å². The molecular formula is C24H32N2O3. The summed E-state index contributed by atoms with van der Waals surface area (Å²) >= 11 is 0. The van der Waals surface area contributed by atoms with Crippen LogP contribution < -0.4 is 10.1 Å². The number of amides is 2. The molecule has 0 radical (unpaired) electrons. The van der Waals surface area contributed by atoms with Crippen LogP contribution in [0.2, 0.25) is 0 Å². The van der Waals surface area contributed by atoms with Crippen molar-refractivity contribution < 1.29 is 14.3 Å². The molecule has 0 unspecified atom stereocenters. The van der Waals surface area contributed by atoms with Gasteiger partial charge in [-0.25, -0.2) is 0 Å². The lowest BCUT2D eigenvalue weighted by Gasteiger charge is -2.34. The molecule has 0 aliphatic carbocycles. The van der Waals surface area contributed by atoms with Gasteiger partial charge in [0.2, 0.25) is 11.8 Å². The molecule has 5 nitrogen and oxygen atoms in total. The van der Waals surface area contributed by atoms with E-state index in [0.29, 0.717) is 18.0 Å². The highest BCUT2D eigenvalue weighted by atomic mass is 16.5. The molecule has 0 fully saturated rings. The maximum atomic E-state index is 13.3. The van der Waals surface area contributed by atoms with E-state index < -0.39 is 5.41 Å². The lowest BCUT2D eigenvalue weighted by molar-refractivity contribution is -0.148. The van der Waals surface area contributed by atoms with Crippen molar-refractivity contribution in [1.82, 2.24) is 4.90 Å². The molecule has 29 heavy (non-hydrogen) atoms. The number of hydrogen-bond acceptors (Lipinski definition) is 3. The molecule has 2 aromatic rings. The highest BCUT2D eigenvalue weighted by Gasteiger charge is 2.40. The number of carbonyl (C=O) groups is 2. The second kappa shape index (κ2) is 9.59. The molecule has 156 valence electrons. The van der Waals surface area contributed by atoms with Gasteiger partial charge in [0.25, 0.3) is 0 Å². The Bertz CT molecular complexity index is 829. The fourth-order valence-electron chi connectivity index (χ4n) is 2.93. The van der Waals surface area contributed by atoms with Gasteiger partial charge in [-0.3, -0.25) is 9.59 Å². The minimum Gasteiger partial charge on any atom is -0.489 e. The van der Waals surface area contributed by atoms with Crippen LogP contribution in [0, 0.1) is 5.41 Å². The summed E-state index contributed by atoms with van der Waals surface area (Å²) in [4.78, 5) is 28.2. The monoisotopic (exact) mass is 396 g/mol. The van der Waals surface area contributed by atoms with Gasteiger partial charge < -0.3 is 15.0 Å². The van der Waals surface area contributed by atoms with Crippen molar-refractivity contribution in [2.24, 2.45) is 5.41 Å². The standard InChI is InChI=1S/C24H32N2O3/c1-17(2)26(16-19-12-8-7-9-13-19)23(28)24(5,6)22(27)25-20-14-10-11-15-21(20)29-18(3)4/h7-15,17-18H,16H2,1-6H3,(H,25,27). The summed E-state index contributed by atoms with van der Waals surface area (Å²) in [6.07, 6.45) is -0.0231. The van der Waals surface area contributed by atoms with Gasteiger partial charge in [-0.1, -0.05) is 42.5 Å². The normalized spacial score (nSPS) is 11.4. The van der Waals surface area contributed by atoms with Crippen LogP contribution in [-0.2, 0) is 16.1 Å². The first kappa shape index (κ1) is 22.5. The van der Waals surface area contributed by atoms with Crippen LogP contribution >= 0.6 is 0 Å². The van der Waals surface area contributed by atoms with Gasteiger partial charge in [-0.05, 0) is 59.2 Å². The molecular weight excluding hydrogens is 364 g/mol. The molecule has 0 aliphatic rings. The summed E-state index contributed by atoms with van der Waals surface area (Å²) < 4.78 is 5.77. The van der Waals surface area contributed by atoms with Gasteiger partial charge >= 0.3 is 0 Å². The van der Waals surface area contributed by atoms with Crippen molar-refractivity contribution >= 4 is 17.5 Å². The number of carbonyl (C=O) groups excluding carboxylic acids is 2. The molecule has 0 heterocycles. The predicted octanol–water partition coefficient (Wildman–Crippen LogP) is 4.88. The quantitative estimate of drug-likeness (QED) is 0.647. The summed E-state index contributed by atoms with van der Waals surface area (Å²) in [7, 11) is 0. The lowest BCUT2D eigenvalue weighted by atomic mass is 9.89. The van der Waals surface area contributed by atoms with E-state index in [4.69, 9.17) is 4.74 Å². The van der Waals surface area contributed by atoms with E-state index in [1.54, 1.807) is 30.9 Å². The van der Waals surface area contributed by atoms with Crippen LogP contribution in [0.1, 0.15) is 47.1 Å². The molecule has 5 heteroatoms.